The molecule has 2 N–H and O–H groups in total. The van der Waals surface area contributed by atoms with E-state index in [0.717, 1.165) is 47.9 Å². The first-order chi connectivity index (χ1) is 32.0. The number of hydrogen-bond acceptors (Lipinski definition) is 9. The van der Waals surface area contributed by atoms with Crippen LogP contribution in [0.25, 0.3) is 22.7 Å². The van der Waals surface area contributed by atoms with Crippen LogP contribution in [0, 0.1) is 5.82 Å². The zero-order valence-electron chi connectivity index (χ0n) is 37.6. The van der Waals surface area contributed by atoms with Crippen molar-refractivity contribution in [1.82, 2.24) is 38.4 Å². The molecular weight excluding hydrogens is 861 g/mol. The SMILES string of the molecule is CCP(=O)(CC)c1ccc(-n2ccn(-c3c4c(nn3-c3ccc(F)c(C5CC5)c3)CCN(C(=O)c3cc5cc(C6CCOCC6)ccn5c3C3(c5noc(=O)[nH]5)CC3)[C@H]4C)c2=O)cc1NC. The van der Waals surface area contributed by atoms with Crippen molar-refractivity contribution in [3.8, 4) is 17.2 Å². The number of halogens is 1. The summed E-state index contributed by atoms with van der Waals surface area (Å²) < 4.78 is 46.7. The van der Waals surface area contributed by atoms with Gasteiger partial charge in [0.1, 0.15) is 18.8 Å². The van der Waals surface area contributed by atoms with Gasteiger partial charge in [0.05, 0.1) is 34.1 Å². The second-order valence-electron chi connectivity index (χ2n) is 18.4. The maximum absolute atomic E-state index is 15.5. The summed E-state index contributed by atoms with van der Waals surface area (Å²) in [7, 11) is -0.861. The summed E-state index contributed by atoms with van der Waals surface area (Å²) in [5.41, 5.74) is 6.14. The van der Waals surface area contributed by atoms with Crippen molar-refractivity contribution in [2.45, 2.75) is 89.0 Å². The van der Waals surface area contributed by atoms with Gasteiger partial charge in [0.25, 0.3) is 5.91 Å². The molecular formula is C49H53FN9O6P. The molecule has 17 heteroatoms. The van der Waals surface area contributed by atoms with Crippen LogP contribution in [0.3, 0.4) is 0 Å². The second-order valence-corrected chi connectivity index (χ2v) is 21.9. The quantitative estimate of drug-likeness (QED) is 0.118. The number of H-pyrrole nitrogens is 1. The first kappa shape index (κ1) is 42.4. The minimum atomic E-state index is -2.65. The number of hydrogen-bond donors (Lipinski definition) is 2. The third kappa shape index (κ3) is 6.77. The van der Waals surface area contributed by atoms with Crippen LogP contribution in [0.15, 0.2) is 87.3 Å². The first-order valence-corrected chi connectivity index (χ1v) is 25.3. The molecule has 4 aliphatic rings. The van der Waals surface area contributed by atoms with Crippen molar-refractivity contribution >= 4 is 29.6 Å². The molecule has 1 atom stereocenters. The standard InChI is InChI=1S/C49H53FN9O6P/c1-5-66(63,6-2)41-12-10-33(28-40(41)51-4)57-21-22-58(48(57)62)44-42-29(3)55(20-14-39(42)53-59(44)34-9-11-38(50)36(26-34)31-7-8-31)45(60)37-27-35-25-32(30-15-23-64-24-16-30)13-19-56(35)43(37)49(17-18-49)46-52-47(61)65-54-46/h9-13,19,21-22,25-31,51H,5-8,14-18,20,23-24H2,1-4H3,(H,52,54,61)/t29-/m0/s1. The van der Waals surface area contributed by atoms with Crippen molar-refractivity contribution in [2.24, 2.45) is 0 Å². The fourth-order valence-electron chi connectivity index (χ4n) is 10.7. The van der Waals surface area contributed by atoms with E-state index >= 15 is 9.18 Å². The van der Waals surface area contributed by atoms with Crippen LogP contribution in [-0.2, 0) is 21.1 Å². The van der Waals surface area contributed by atoms with Crippen LogP contribution in [0.5, 0.6) is 0 Å². The van der Waals surface area contributed by atoms with Gasteiger partial charge < -0.3 is 23.9 Å². The molecule has 342 valence electrons. The molecule has 1 amide bonds. The minimum absolute atomic E-state index is 0.124. The maximum atomic E-state index is 15.5. The summed E-state index contributed by atoms with van der Waals surface area (Å²) in [4.78, 5) is 47.3. The third-order valence-corrected chi connectivity index (χ3v) is 18.1. The molecule has 15 nitrogen and oxygen atoms in total. The molecule has 2 aliphatic carbocycles. The van der Waals surface area contributed by atoms with Gasteiger partial charge >= 0.3 is 11.4 Å². The predicted octanol–water partition coefficient (Wildman–Crippen LogP) is 7.56. The number of ether oxygens (including phenoxy) is 1. The number of nitrogens with zero attached hydrogens (tertiary/aromatic N) is 7. The molecule has 2 aromatic carbocycles. The summed E-state index contributed by atoms with van der Waals surface area (Å²) in [6.45, 7) is 7.59. The van der Waals surface area contributed by atoms with E-state index in [1.165, 1.54) is 11.6 Å². The zero-order chi connectivity index (χ0) is 45.6. The summed E-state index contributed by atoms with van der Waals surface area (Å²) in [6.07, 6.45) is 11.8. The number of amides is 1. The van der Waals surface area contributed by atoms with Crippen LogP contribution in [0.4, 0.5) is 10.1 Å². The zero-order valence-corrected chi connectivity index (χ0v) is 38.4. The van der Waals surface area contributed by atoms with Crippen molar-refractivity contribution in [2.75, 3.05) is 44.4 Å². The first-order valence-electron chi connectivity index (χ1n) is 23.2. The lowest BCUT2D eigenvalue weighted by molar-refractivity contribution is 0.0675. The summed E-state index contributed by atoms with van der Waals surface area (Å²) in [5, 5.41) is 13.3. The van der Waals surface area contributed by atoms with Gasteiger partial charge in [-0.2, -0.15) is 5.10 Å². The Labute approximate surface area is 379 Å². The largest absolute Gasteiger partial charge is 0.438 e. The second kappa shape index (κ2) is 16.0. The van der Waals surface area contributed by atoms with Gasteiger partial charge in [-0.05, 0) is 123 Å². The van der Waals surface area contributed by atoms with Crippen LogP contribution in [0.1, 0.15) is 121 Å². The van der Waals surface area contributed by atoms with Gasteiger partial charge in [-0.3, -0.25) is 23.4 Å². The Morgan fingerprint density at radius 3 is 2.39 bits per heavy atom. The monoisotopic (exact) mass is 913 g/mol. The molecule has 0 radical (unpaired) electrons. The highest BCUT2D eigenvalue weighted by Gasteiger charge is 2.54. The number of imidazole rings is 1. The van der Waals surface area contributed by atoms with Crippen LogP contribution < -0.4 is 22.1 Å². The van der Waals surface area contributed by atoms with E-state index in [9.17, 15) is 14.2 Å². The summed E-state index contributed by atoms with van der Waals surface area (Å²) in [6, 6.07) is 16.2. The van der Waals surface area contributed by atoms with Gasteiger partial charge in [-0.15, -0.1) is 0 Å². The lowest BCUT2D eigenvalue weighted by Gasteiger charge is -2.34. The molecule has 7 aromatic rings. The van der Waals surface area contributed by atoms with E-state index < -0.39 is 24.4 Å². The van der Waals surface area contributed by atoms with E-state index in [0.29, 0.717) is 103 Å². The van der Waals surface area contributed by atoms with Crippen molar-refractivity contribution < 1.29 is 23.0 Å². The number of aromatic amines is 1. The number of pyridine rings is 1. The fourth-order valence-corrected chi connectivity index (χ4v) is 12.8. The topological polar surface area (TPSA) is 167 Å². The number of fused-ring (bicyclic) bond motifs is 2. The molecule has 1 saturated heterocycles. The molecule has 66 heavy (non-hydrogen) atoms. The molecule has 0 unspecified atom stereocenters. The van der Waals surface area contributed by atoms with Gasteiger partial charge in [0.15, 0.2) is 5.82 Å². The Morgan fingerprint density at radius 2 is 1.70 bits per heavy atom. The lowest BCUT2D eigenvalue weighted by Crippen LogP contribution is -2.40. The summed E-state index contributed by atoms with van der Waals surface area (Å²) >= 11 is 0. The molecule has 5 aromatic heterocycles. The van der Waals surface area contributed by atoms with Gasteiger partial charge in [-0.1, -0.05) is 19.0 Å². The number of benzene rings is 2. The number of anilines is 1. The maximum Gasteiger partial charge on any atom is 0.438 e. The highest BCUT2D eigenvalue weighted by atomic mass is 31.2. The van der Waals surface area contributed by atoms with E-state index in [1.807, 2.05) is 62.2 Å². The summed E-state index contributed by atoms with van der Waals surface area (Å²) in [5.74, 6) is 0.189. The van der Waals surface area contributed by atoms with Crippen molar-refractivity contribution in [3.63, 3.8) is 0 Å². The molecule has 0 bridgehead atoms. The van der Waals surface area contributed by atoms with Gasteiger partial charge in [0.2, 0.25) is 0 Å². The number of carbonyl (C=O) groups is 1. The van der Waals surface area contributed by atoms with Crippen LogP contribution in [0.2, 0.25) is 0 Å². The smallest absolute Gasteiger partial charge is 0.387 e. The Hall–Kier alpha value is -6.25. The average Bonchev–Trinajstić information content (AvgIpc) is 4.17. The average molecular weight is 914 g/mol. The van der Waals surface area contributed by atoms with E-state index in [2.05, 4.69) is 32.0 Å². The molecule has 7 heterocycles. The Kier molecular flexibility index (Phi) is 10.3. The molecule has 0 spiro atoms. The number of carbonyl (C=O) groups excluding carboxylic acids is 1. The Balaban J connectivity index is 1.04. The Bertz CT molecular complexity index is 3220. The highest BCUT2D eigenvalue weighted by molar-refractivity contribution is 7.71. The van der Waals surface area contributed by atoms with E-state index in [4.69, 9.17) is 14.4 Å². The Morgan fingerprint density at radius 1 is 0.939 bits per heavy atom. The van der Waals surface area contributed by atoms with Gasteiger partial charge in [-0.25, -0.2) is 18.7 Å². The van der Waals surface area contributed by atoms with E-state index in [-0.39, 0.29) is 23.3 Å². The normalized spacial score (nSPS) is 18.5. The number of rotatable bonds is 12. The third-order valence-electron chi connectivity index (χ3n) is 14.8. The lowest BCUT2D eigenvalue weighted by atomic mass is 9.92. The number of nitrogens with one attached hydrogen (secondary N) is 2. The minimum Gasteiger partial charge on any atom is -0.387 e. The van der Waals surface area contributed by atoms with Crippen molar-refractivity contribution in [1.29, 1.82) is 0 Å². The predicted molar refractivity (Wildman–Crippen MR) is 249 cm³/mol. The van der Waals surface area contributed by atoms with E-state index in [1.54, 1.807) is 39.3 Å². The molecule has 3 fully saturated rings. The highest BCUT2D eigenvalue weighted by Crippen LogP contribution is 2.54. The fraction of sp³-hybridized carbons (Fsp3) is 0.408. The van der Waals surface area contributed by atoms with Crippen LogP contribution in [-0.4, -0.2) is 83.4 Å². The molecule has 2 aliphatic heterocycles. The number of aromatic nitrogens is 7. The van der Waals surface area contributed by atoms with Gasteiger partial charge in [0, 0.05) is 91.9 Å². The van der Waals surface area contributed by atoms with Crippen molar-refractivity contribution in [3.05, 3.63) is 140 Å². The molecule has 11 rings (SSSR count). The molecule has 2 saturated carbocycles. The van der Waals surface area contributed by atoms with Crippen LogP contribution >= 0.6 is 7.14 Å².